The monoisotopic (exact) mass is 378 g/mol. The van der Waals surface area contributed by atoms with Gasteiger partial charge in [0.05, 0.1) is 14.6 Å². The van der Waals surface area contributed by atoms with Gasteiger partial charge < -0.3 is 4.57 Å². The molecule has 96 valence electrons. The van der Waals surface area contributed by atoms with Gasteiger partial charge in [0.1, 0.15) is 11.6 Å². The Kier molecular flexibility index (Phi) is 3.49. The molecule has 1 saturated carbocycles. The number of benzene rings is 1. The van der Waals surface area contributed by atoms with Crippen molar-refractivity contribution < 1.29 is 4.39 Å². The smallest absolute Gasteiger partial charge is 0.138 e. The van der Waals surface area contributed by atoms with E-state index in [1.807, 2.05) is 28.7 Å². The van der Waals surface area contributed by atoms with Gasteiger partial charge in [0, 0.05) is 24.4 Å². The van der Waals surface area contributed by atoms with E-state index >= 15 is 0 Å². The Morgan fingerprint density at radius 3 is 2.83 bits per heavy atom. The lowest BCUT2D eigenvalue weighted by molar-refractivity contribution is 0.313. The van der Waals surface area contributed by atoms with Gasteiger partial charge in [-0.05, 0) is 47.9 Å². The van der Waals surface area contributed by atoms with Crippen LogP contribution in [0.2, 0.25) is 0 Å². The minimum Gasteiger partial charge on any atom is -0.325 e. The van der Waals surface area contributed by atoms with Gasteiger partial charge in [-0.3, -0.25) is 0 Å². The standard InChI is InChI=1S/C13H13ClFIN2/c14-5-4-13-17-11-7-10(16)9(15)6-12(11)18(13)8-2-1-3-8/h6-8H,1-5H2. The summed E-state index contributed by atoms with van der Waals surface area (Å²) in [5.74, 6) is 1.38. The number of fused-ring (bicyclic) bond motifs is 1. The number of aromatic nitrogens is 2. The molecule has 0 atom stereocenters. The Morgan fingerprint density at radius 1 is 1.44 bits per heavy atom. The summed E-state index contributed by atoms with van der Waals surface area (Å²) in [4.78, 5) is 4.61. The second kappa shape index (κ2) is 4.96. The van der Waals surface area contributed by atoms with Crippen LogP contribution in [0, 0.1) is 9.39 Å². The molecule has 0 spiro atoms. The van der Waals surface area contributed by atoms with Crippen LogP contribution in [0.3, 0.4) is 0 Å². The zero-order valence-corrected chi connectivity index (χ0v) is 12.7. The predicted molar refractivity (Wildman–Crippen MR) is 79.7 cm³/mol. The fraction of sp³-hybridized carbons (Fsp3) is 0.462. The van der Waals surface area contributed by atoms with E-state index in [9.17, 15) is 4.39 Å². The third kappa shape index (κ3) is 2.03. The number of imidazole rings is 1. The highest BCUT2D eigenvalue weighted by Gasteiger charge is 2.24. The molecule has 3 rings (SSSR count). The number of halogens is 3. The lowest BCUT2D eigenvalue weighted by Crippen LogP contribution is -2.19. The van der Waals surface area contributed by atoms with Gasteiger partial charge in [0.15, 0.2) is 0 Å². The highest BCUT2D eigenvalue weighted by Crippen LogP contribution is 2.36. The summed E-state index contributed by atoms with van der Waals surface area (Å²) in [6, 6.07) is 3.91. The van der Waals surface area contributed by atoms with Crippen molar-refractivity contribution in [2.45, 2.75) is 31.7 Å². The maximum absolute atomic E-state index is 13.7. The number of nitrogens with zero attached hydrogens (tertiary/aromatic N) is 2. The van der Waals surface area contributed by atoms with Gasteiger partial charge in [0.2, 0.25) is 0 Å². The van der Waals surface area contributed by atoms with Crippen LogP contribution in [0.15, 0.2) is 12.1 Å². The summed E-state index contributed by atoms with van der Waals surface area (Å²) in [6.07, 6.45) is 4.31. The molecular formula is C13H13ClFIN2. The average molecular weight is 379 g/mol. The lowest BCUT2D eigenvalue weighted by atomic mass is 9.92. The molecule has 1 aliphatic rings. The first-order chi connectivity index (χ1) is 8.70. The molecule has 0 radical (unpaired) electrons. The molecule has 0 bridgehead atoms. The fourth-order valence-corrected chi connectivity index (χ4v) is 3.07. The lowest BCUT2D eigenvalue weighted by Gasteiger charge is -2.29. The minimum absolute atomic E-state index is 0.166. The van der Waals surface area contributed by atoms with Crippen LogP contribution in [-0.4, -0.2) is 15.4 Å². The van der Waals surface area contributed by atoms with E-state index in [0.717, 1.165) is 36.1 Å². The maximum Gasteiger partial charge on any atom is 0.138 e. The number of aryl methyl sites for hydroxylation is 1. The van der Waals surface area contributed by atoms with Gasteiger partial charge in [-0.15, -0.1) is 11.6 Å². The van der Waals surface area contributed by atoms with Crippen LogP contribution < -0.4 is 0 Å². The van der Waals surface area contributed by atoms with E-state index in [4.69, 9.17) is 11.6 Å². The first-order valence-electron chi connectivity index (χ1n) is 6.12. The largest absolute Gasteiger partial charge is 0.325 e. The van der Waals surface area contributed by atoms with Crippen molar-refractivity contribution in [2.75, 3.05) is 5.88 Å². The van der Waals surface area contributed by atoms with Crippen molar-refractivity contribution in [1.29, 1.82) is 0 Å². The van der Waals surface area contributed by atoms with Gasteiger partial charge in [-0.25, -0.2) is 9.37 Å². The van der Waals surface area contributed by atoms with E-state index in [1.165, 1.54) is 6.42 Å². The summed E-state index contributed by atoms with van der Waals surface area (Å²) in [6.45, 7) is 0. The summed E-state index contributed by atoms with van der Waals surface area (Å²) in [5, 5.41) is 0. The summed E-state index contributed by atoms with van der Waals surface area (Å²) in [7, 11) is 0. The Bertz CT molecular complexity index is 592. The molecule has 0 N–H and O–H groups in total. The van der Waals surface area contributed by atoms with Gasteiger partial charge in [-0.1, -0.05) is 0 Å². The molecular weight excluding hydrogens is 366 g/mol. The molecule has 0 aliphatic heterocycles. The van der Waals surface area contributed by atoms with E-state index < -0.39 is 0 Å². The predicted octanol–water partition coefficient (Wildman–Crippen LogP) is 4.29. The van der Waals surface area contributed by atoms with Gasteiger partial charge >= 0.3 is 0 Å². The maximum atomic E-state index is 13.7. The normalized spacial score (nSPS) is 16.2. The van der Waals surface area contributed by atoms with Crippen molar-refractivity contribution >= 4 is 45.2 Å². The SMILES string of the molecule is Fc1cc2c(cc1I)nc(CCCl)n2C1CCC1. The van der Waals surface area contributed by atoms with Gasteiger partial charge in [-0.2, -0.15) is 0 Å². The quantitative estimate of drug-likeness (QED) is 0.575. The zero-order valence-electron chi connectivity index (χ0n) is 9.80. The van der Waals surface area contributed by atoms with E-state index in [-0.39, 0.29) is 5.82 Å². The number of hydrogen-bond donors (Lipinski definition) is 0. The van der Waals surface area contributed by atoms with E-state index in [2.05, 4.69) is 9.55 Å². The van der Waals surface area contributed by atoms with Crippen molar-refractivity contribution in [3.63, 3.8) is 0 Å². The second-order valence-electron chi connectivity index (χ2n) is 4.68. The van der Waals surface area contributed by atoms with Crippen molar-refractivity contribution in [3.8, 4) is 0 Å². The zero-order chi connectivity index (χ0) is 12.7. The van der Waals surface area contributed by atoms with Crippen molar-refractivity contribution in [3.05, 3.63) is 27.3 Å². The summed E-state index contributed by atoms with van der Waals surface area (Å²) >= 11 is 7.84. The van der Waals surface area contributed by atoms with Crippen LogP contribution in [0.4, 0.5) is 4.39 Å². The Morgan fingerprint density at radius 2 is 2.22 bits per heavy atom. The van der Waals surface area contributed by atoms with Crippen LogP contribution in [0.5, 0.6) is 0 Å². The summed E-state index contributed by atoms with van der Waals surface area (Å²) < 4.78 is 16.6. The molecule has 18 heavy (non-hydrogen) atoms. The summed E-state index contributed by atoms with van der Waals surface area (Å²) in [5.41, 5.74) is 1.80. The molecule has 2 aromatic rings. The highest BCUT2D eigenvalue weighted by atomic mass is 127. The Hall–Kier alpha value is -0.360. The molecule has 2 nitrogen and oxygen atoms in total. The van der Waals surface area contributed by atoms with Crippen molar-refractivity contribution in [2.24, 2.45) is 0 Å². The average Bonchev–Trinajstić information content (AvgIpc) is 2.57. The van der Waals surface area contributed by atoms with E-state index in [0.29, 0.717) is 15.5 Å². The second-order valence-corrected chi connectivity index (χ2v) is 6.22. The first kappa shape index (κ1) is 12.7. The van der Waals surface area contributed by atoms with Gasteiger partial charge in [0.25, 0.3) is 0 Å². The molecule has 1 aromatic heterocycles. The minimum atomic E-state index is -0.166. The molecule has 1 fully saturated rings. The Balaban J connectivity index is 2.20. The van der Waals surface area contributed by atoms with Crippen LogP contribution in [-0.2, 0) is 6.42 Å². The molecule has 0 amide bonds. The third-order valence-corrected chi connectivity index (χ3v) is 4.58. The van der Waals surface area contributed by atoms with E-state index in [1.54, 1.807) is 6.07 Å². The highest BCUT2D eigenvalue weighted by molar-refractivity contribution is 14.1. The first-order valence-corrected chi connectivity index (χ1v) is 7.74. The number of alkyl halides is 1. The molecule has 1 heterocycles. The third-order valence-electron chi connectivity index (χ3n) is 3.56. The molecule has 0 saturated heterocycles. The number of hydrogen-bond acceptors (Lipinski definition) is 1. The fourth-order valence-electron chi connectivity index (χ4n) is 2.45. The van der Waals surface area contributed by atoms with Crippen molar-refractivity contribution in [1.82, 2.24) is 9.55 Å². The molecule has 0 unspecified atom stereocenters. The van der Waals surface area contributed by atoms with Crippen LogP contribution in [0.25, 0.3) is 11.0 Å². The molecule has 1 aliphatic carbocycles. The van der Waals surface area contributed by atoms with Crippen LogP contribution >= 0.6 is 34.2 Å². The molecule has 1 aromatic carbocycles. The van der Waals surface area contributed by atoms with Crippen LogP contribution in [0.1, 0.15) is 31.1 Å². The number of rotatable bonds is 3. The molecule has 5 heteroatoms. The Labute approximate surface area is 124 Å². The topological polar surface area (TPSA) is 17.8 Å².